The van der Waals surface area contributed by atoms with Crippen molar-refractivity contribution in [1.29, 1.82) is 0 Å². The molecule has 0 aliphatic carbocycles. The van der Waals surface area contributed by atoms with Crippen LogP contribution in [-0.2, 0) is 13.2 Å². The third-order valence-electron chi connectivity index (χ3n) is 3.06. The van der Waals surface area contributed by atoms with Gasteiger partial charge >= 0.3 is 0 Å². The summed E-state index contributed by atoms with van der Waals surface area (Å²) in [5, 5.41) is 5.61. The van der Waals surface area contributed by atoms with Gasteiger partial charge in [0.15, 0.2) is 0 Å². The van der Waals surface area contributed by atoms with Crippen LogP contribution in [0.5, 0.6) is 5.75 Å². The number of hydrogen-bond acceptors (Lipinski definition) is 3. The lowest BCUT2D eigenvalue weighted by molar-refractivity contribution is 0.301. The molecule has 1 aromatic carbocycles. The van der Waals surface area contributed by atoms with Gasteiger partial charge in [-0.3, -0.25) is 0 Å². The van der Waals surface area contributed by atoms with E-state index in [1.54, 1.807) is 11.3 Å². The van der Waals surface area contributed by atoms with Crippen LogP contribution in [0.2, 0.25) is 0 Å². The fourth-order valence-corrected chi connectivity index (χ4v) is 3.27. The predicted molar refractivity (Wildman–Crippen MR) is 94.1 cm³/mol. The van der Waals surface area contributed by atoms with Gasteiger partial charge in [0.1, 0.15) is 12.4 Å². The molecule has 0 bridgehead atoms. The number of benzene rings is 1. The smallest absolute Gasteiger partial charge is 0.127 e. The topological polar surface area (TPSA) is 21.3 Å². The van der Waals surface area contributed by atoms with Gasteiger partial charge in [-0.25, -0.2) is 0 Å². The summed E-state index contributed by atoms with van der Waals surface area (Å²) in [5.41, 5.74) is 2.43. The van der Waals surface area contributed by atoms with Gasteiger partial charge in [0, 0.05) is 27.0 Å². The van der Waals surface area contributed by atoms with Crippen molar-refractivity contribution in [3.63, 3.8) is 0 Å². The first-order valence-corrected chi connectivity index (χ1v) is 8.71. The molecule has 1 heterocycles. The van der Waals surface area contributed by atoms with E-state index in [0.717, 1.165) is 22.3 Å². The molecular weight excluding hydrogens is 346 g/mol. The largest absolute Gasteiger partial charge is 0.487 e. The third-order valence-corrected chi connectivity index (χ3v) is 4.37. The van der Waals surface area contributed by atoms with Crippen LogP contribution in [-0.4, -0.2) is 5.54 Å². The van der Waals surface area contributed by atoms with Gasteiger partial charge in [-0.1, -0.05) is 22.0 Å². The second-order valence-corrected chi connectivity index (χ2v) is 8.13. The molecule has 4 heteroatoms. The van der Waals surface area contributed by atoms with Crippen molar-refractivity contribution < 1.29 is 4.74 Å². The van der Waals surface area contributed by atoms with Crippen molar-refractivity contribution in [2.45, 2.75) is 46.4 Å². The zero-order valence-corrected chi connectivity index (χ0v) is 15.4. The molecule has 0 saturated heterocycles. The van der Waals surface area contributed by atoms with E-state index in [4.69, 9.17) is 4.74 Å². The molecule has 0 spiro atoms. The molecule has 0 fully saturated rings. The van der Waals surface area contributed by atoms with Crippen LogP contribution in [0.15, 0.2) is 34.1 Å². The van der Waals surface area contributed by atoms with Gasteiger partial charge in [0.05, 0.1) is 0 Å². The van der Waals surface area contributed by atoms with Crippen LogP contribution in [0.3, 0.4) is 0 Å². The Morgan fingerprint density at radius 3 is 2.67 bits per heavy atom. The van der Waals surface area contributed by atoms with Crippen molar-refractivity contribution in [2.75, 3.05) is 0 Å². The summed E-state index contributed by atoms with van der Waals surface area (Å²) in [7, 11) is 0. The number of thiophene rings is 1. The van der Waals surface area contributed by atoms with Gasteiger partial charge in [0.25, 0.3) is 0 Å². The molecule has 0 saturated carbocycles. The molecule has 0 aliphatic heterocycles. The SMILES string of the molecule is Cc1cc(Br)cc(CNC(C)(C)C)c1OCc1cccs1. The summed E-state index contributed by atoms with van der Waals surface area (Å²) >= 11 is 5.30. The molecule has 0 amide bonds. The van der Waals surface area contributed by atoms with Crippen LogP contribution in [0, 0.1) is 6.92 Å². The van der Waals surface area contributed by atoms with Crippen LogP contribution in [0.1, 0.15) is 36.8 Å². The van der Waals surface area contributed by atoms with Gasteiger partial charge in [-0.2, -0.15) is 0 Å². The van der Waals surface area contributed by atoms with E-state index in [0.29, 0.717) is 6.61 Å². The second kappa shape index (κ2) is 6.95. The highest BCUT2D eigenvalue weighted by atomic mass is 79.9. The van der Waals surface area contributed by atoms with E-state index < -0.39 is 0 Å². The van der Waals surface area contributed by atoms with Crippen molar-refractivity contribution in [1.82, 2.24) is 5.32 Å². The third kappa shape index (κ3) is 5.13. The average Bonchev–Trinajstić information content (AvgIpc) is 2.87. The predicted octanol–water partition coefficient (Wildman–Crippen LogP) is 5.29. The molecule has 1 N–H and O–H groups in total. The zero-order valence-electron chi connectivity index (χ0n) is 13.0. The van der Waals surface area contributed by atoms with Gasteiger partial charge in [-0.05, 0) is 56.8 Å². The summed E-state index contributed by atoms with van der Waals surface area (Å²) in [5.74, 6) is 0.989. The maximum atomic E-state index is 6.08. The second-order valence-electron chi connectivity index (χ2n) is 6.18. The van der Waals surface area contributed by atoms with E-state index in [1.807, 2.05) is 0 Å². The molecule has 2 aromatic rings. The van der Waals surface area contributed by atoms with Crippen molar-refractivity contribution in [3.8, 4) is 5.75 Å². The molecule has 2 rings (SSSR count). The minimum Gasteiger partial charge on any atom is -0.487 e. The summed E-state index contributed by atoms with van der Waals surface area (Å²) in [6.45, 7) is 10.0. The van der Waals surface area contributed by atoms with Gasteiger partial charge < -0.3 is 10.1 Å². The van der Waals surface area contributed by atoms with Gasteiger partial charge in [0.2, 0.25) is 0 Å². The molecule has 21 heavy (non-hydrogen) atoms. The first-order chi connectivity index (χ1) is 9.85. The Bertz CT molecular complexity index is 588. The lowest BCUT2D eigenvalue weighted by Crippen LogP contribution is -2.35. The Morgan fingerprint density at radius 2 is 2.05 bits per heavy atom. The molecular formula is C17H22BrNOS. The summed E-state index contributed by atoms with van der Waals surface area (Å²) in [6.07, 6.45) is 0. The number of hydrogen-bond donors (Lipinski definition) is 1. The summed E-state index contributed by atoms with van der Waals surface area (Å²) < 4.78 is 7.17. The highest BCUT2D eigenvalue weighted by Crippen LogP contribution is 2.29. The molecule has 0 unspecified atom stereocenters. The molecule has 114 valence electrons. The Balaban J connectivity index is 2.17. The lowest BCUT2D eigenvalue weighted by atomic mass is 10.1. The van der Waals surface area contributed by atoms with Crippen LogP contribution < -0.4 is 10.1 Å². The summed E-state index contributed by atoms with van der Waals surface area (Å²) in [6, 6.07) is 8.39. The summed E-state index contributed by atoms with van der Waals surface area (Å²) in [4.78, 5) is 1.24. The standard InChI is InChI=1S/C17H22BrNOS/c1-12-8-14(18)9-13(10-19-17(2,3)4)16(12)20-11-15-6-5-7-21-15/h5-9,19H,10-11H2,1-4H3. The minimum atomic E-state index is 0.0846. The Labute approximate surface area is 139 Å². The van der Waals surface area contributed by atoms with Crippen LogP contribution in [0.25, 0.3) is 0 Å². The van der Waals surface area contributed by atoms with E-state index in [2.05, 4.69) is 78.6 Å². The van der Waals surface area contributed by atoms with Crippen molar-refractivity contribution in [2.24, 2.45) is 0 Å². The zero-order chi connectivity index (χ0) is 15.5. The Kier molecular flexibility index (Phi) is 5.47. The molecule has 0 atom stereocenters. The van der Waals surface area contributed by atoms with Crippen molar-refractivity contribution >= 4 is 27.3 Å². The maximum absolute atomic E-state index is 6.08. The number of ether oxygens (including phenoxy) is 1. The number of aryl methyl sites for hydroxylation is 1. The highest BCUT2D eigenvalue weighted by molar-refractivity contribution is 9.10. The van der Waals surface area contributed by atoms with E-state index in [-0.39, 0.29) is 5.54 Å². The average molecular weight is 368 g/mol. The highest BCUT2D eigenvalue weighted by Gasteiger charge is 2.14. The fraction of sp³-hybridized carbons (Fsp3) is 0.412. The number of halogens is 1. The molecule has 2 nitrogen and oxygen atoms in total. The number of nitrogens with one attached hydrogen (secondary N) is 1. The Morgan fingerprint density at radius 1 is 1.29 bits per heavy atom. The molecule has 1 aromatic heterocycles. The normalized spacial score (nSPS) is 11.7. The number of rotatable bonds is 5. The van der Waals surface area contributed by atoms with E-state index in [9.17, 15) is 0 Å². The molecule has 0 aliphatic rings. The van der Waals surface area contributed by atoms with E-state index >= 15 is 0 Å². The molecule has 0 radical (unpaired) electrons. The van der Waals surface area contributed by atoms with Gasteiger partial charge in [-0.15, -0.1) is 11.3 Å². The first kappa shape index (κ1) is 16.5. The maximum Gasteiger partial charge on any atom is 0.127 e. The fourth-order valence-electron chi connectivity index (χ4n) is 2.04. The minimum absolute atomic E-state index is 0.0846. The monoisotopic (exact) mass is 367 g/mol. The van der Waals surface area contributed by atoms with Crippen LogP contribution >= 0.6 is 27.3 Å². The first-order valence-electron chi connectivity index (χ1n) is 7.04. The van der Waals surface area contributed by atoms with Crippen LogP contribution in [0.4, 0.5) is 0 Å². The van der Waals surface area contributed by atoms with Crippen molar-refractivity contribution in [3.05, 3.63) is 50.1 Å². The van der Waals surface area contributed by atoms with E-state index in [1.165, 1.54) is 10.4 Å². The quantitative estimate of drug-likeness (QED) is 0.775. The Hall–Kier alpha value is -0.840. The lowest BCUT2D eigenvalue weighted by Gasteiger charge is -2.22.